The zero-order valence-electron chi connectivity index (χ0n) is 11.9. The highest BCUT2D eigenvalue weighted by Gasteiger charge is 2.14. The number of nitrogens with one attached hydrogen (secondary N) is 1. The minimum atomic E-state index is -3.47. The molecule has 0 aliphatic carbocycles. The van der Waals surface area contributed by atoms with Crippen LogP contribution in [0.1, 0.15) is 20.3 Å². The van der Waals surface area contributed by atoms with Crippen molar-refractivity contribution in [2.75, 3.05) is 31.9 Å². The zero-order chi connectivity index (χ0) is 15.2. The van der Waals surface area contributed by atoms with Crippen molar-refractivity contribution in [2.45, 2.75) is 25.2 Å². The Labute approximate surface area is 129 Å². The van der Waals surface area contributed by atoms with Crippen molar-refractivity contribution in [3.63, 3.8) is 0 Å². The van der Waals surface area contributed by atoms with Crippen molar-refractivity contribution >= 4 is 31.6 Å². The van der Waals surface area contributed by atoms with Gasteiger partial charge < -0.3 is 10.6 Å². The van der Waals surface area contributed by atoms with Crippen LogP contribution in [-0.2, 0) is 10.0 Å². The van der Waals surface area contributed by atoms with Gasteiger partial charge in [0.2, 0.25) is 10.0 Å². The lowest BCUT2D eigenvalue weighted by molar-refractivity contribution is 0.300. The van der Waals surface area contributed by atoms with Crippen LogP contribution in [0.2, 0.25) is 0 Å². The van der Waals surface area contributed by atoms with E-state index in [9.17, 15) is 8.42 Å². The van der Waals surface area contributed by atoms with Crippen LogP contribution in [0.4, 0.5) is 5.69 Å². The molecular weight excluding hydrogens is 342 g/mol. The van der Waals surface area contributed by atoms with Crippen LogP contribution in [-0.4, -0.2) is 39.5 Å². The summed E-state index contributed by atoms with van der Waals surface area (Å²) in [4.78, 5) is 2.48. The quantitative estimate of drug-likeness (QED) is 0.547. The van der Waals surface area contributed by atoms with Gasteiger partial charge in [0, 0.05) is 16.7 Å². The summed E-state index contributed by atoms with van der Waals surface area (Å²) in [6, 6.07) is 4.60. The highest BCUT2D eigenvalue weighted by atomic mass is 79.9. The predicted molar refractivity (Wildman–Crippen MR) is 86.1 cm³/mol. The molecule has 0 radical (unpaired) electrons. The Bertz CT molecular complexity index is 530. The fourth-order valence-electron chi connectivity index (χ4n) is 1.81. The molecule has 0 atom stereocenters. The first kappa shape index (κ1) is 17.4. The third-order valence-electron chi connectivity index (χ3n) is 3.12. The number of nitrogens with two attached hydrogens (primary N) is 1. The summed E-state index contributed by atoms with van der Waals surface area (Å²) >= 11 is 3.23. The summed E-state index contributed by atoms with van der Waals surface area (Å²) in [6.45, 7) is 7.48. The number of hydrogen-bond acceptors (Lipinski definition) is 4. The monoisotopic (exact) mass is 363 g/mol. The average molecular weight is 364 g/mol. The molecule has 5 nitrogen and oxygen atoms in total. The van der Waals surface area contributed by atoms with E-state index in [0.29, 0.717) is 16.7 Å². The number of halogens is 1. The molecule has 20 heavy (non-hydrogen) atoms. The van der Waals surface area contributed by atoms with E-state index in [1.54, 1.807) is 6.07 Å². The maximum atomic E-state index is 12.1. The van der Waals surface area contributed by atoms with Crippen molar-refractivity contribution in [3.05, 3.63) is 22.7 Å². The van der Waals surface area contributed by atoms with E-state index in [0.717, 1.165) is 26.1 Å². The molecule has 1 aromatic rings. The first-order valence-electron chi connectivity index (χ1n) is 6.67. The highest BCUT2D eigenvalue weighted by Crippen LogP contribution is 2.22. The predicted octanol–water partition coefficient (Wildman–Crippen LogP) is 2.04. The van der Waals surface area contributed by atoms with E-state index < -0.39 is 10.0 Å². The van der Waals surface area contributed by atoms with Gasteiger partial charge in [-0.05, 0) is 60.2 Å². The van der Waals surface area contributed by atoms with Gasteiger partial charge >= 0.3 is 0 Å². The number of rotatable bonds is 8. The highest BCUT2D eigenvalue weighted by molar-refractivity contribution is 9.10. The number of nitrogens with zero attached hydrogens (tertiary/aromatic N) is 1. The SMILES string of the molecule is CCN(CC)CCCNS(=O)(=O)c1ccc(N)c(Br)c1. The summed E-state index contributed by atoms with van der Waals surface area (Å²) in [5, 5.41) is 0. The van der Waals surface area contributed by atoms with E-state index in [-0.39, 0.29) is 4.90 Å². The second-order valence-corrected chi connectivity index (χ2v) is 7.08. The van der Waals surface area contributed by atoms with Crippen LogP contribution in [0.25, 0.3) is 0 Å². The van der Waals surface area contributed by atoms with E-state index in [1.807, 2.05) is 0 Å². The van der Waals surface area contributed by atoms with Gasteiger partial charge in [-0.1, -0.05) is 13.8 Å². The minimum absolute atomic E-state index is 0.224. The van der Waals surface area contributed by atoms with Crippen LogP contribution >= 0.6 is 15.9 Å². The van der Waals surface area contributed by atoms with Crippen LogP contribution < -0.4 is 10.5 Å². The van der Waals surface area contributed by atoms with Gasteiger partial charge in [0.05, 0.1) is 4.90 Å². The Morgan fingerprint density at radius 3 is 2.50 bits per heavy atom. The Morgan fingerprint density at radius 1 is 1.30 bits per heavy atom. The summed E-state index contributed by atoms with van der Waals surface area (Å²) in [5.41, 5.74) is 6.17. The van der Waals surface area contributed by atoms with Crippen LogP contribution in [0.3, 0.4) is 0 Å². The molecule has 0 amide bonds. The van der Waals surface area contributed by atoms with E-state index in [1.165, 1.54) is 12.1 Å². The molecule has 1 aromatic carbocycles. The van der Waals surface area contributed by atoms with Gasteiger partial charge in [-0.15, -0.1) is 0 Å². The lowest BCUT2D eigenvalue weighted by Gasteiger charge is -2.17. The summed E-state index contributed by atoms with van der Waals surface area (Å²) in [7, 11) is -3.47. The summed E-state index contributed by atoms with van der Waals surface area (Å²) in [5.74, 6) is 0. The second-order valence-electron chi connectivity index (χ2n) is 4.46. The van der Waals surface area contributed by atoms with Crippen LogP contribution in [0.5, 0.6) is 0 Å². The Balaban J connectivity index is 2.55. The van der Waals surface area contributed by atoms with Gasteiger partial charge in [-0.3, -0.25) is 0 Å². The molecule has 0 bridgehead atoms. The van der Waals surface area contributed by atoms with Crippen LogP contribution in [0, 0.1) is 0 Å². The van der Waals surface area contributed by atoms with Crippen molar-refractivity contribution in [1.29, 1.82) is 0 Å². The summed E-state index contributed by atoms with van der Waals surface area (Å²) < 4.78 is 27.4. The van der Waals surface area contributed by atoms with Gasteiger partial charge in [0.25, 0.3) is 0 Å². The average Bonchev–Trinajstić information content (AvgIpc) is 2.42. The molecule has 0 heterocycles. The third-order valence-corrected chi connectivity index (χ3v) is 5.27. The molecular formula is C13H22BrN3O2S. The van der Waals surface area contributed by atoms with E-state index in [2.05, 4.69) is 39.4 Å². The Kier molecular flexibility index (Phi) is 6.94. The van der Waals surface area contributed by atoms with Gasteiger partial charge in [-0.25, -0.2) is 13.1 Å². The molecule has 1 rings (SSSR count). The molecule has 114 valence electrons. The van der Waals surface area contributed by atoms with Crippen molar-refractivity contribution in [3.8, 4) is 0 Å². The standard InChI is InChI=1S/C13H22BrN3O2S/c1-3-17(4-2)9-5-8-16-20(18,19)11-6-7-13(15)12(14)10-11/h6-7,10,16H,3-5,8-9,15H2,1-2H3. The molecule has 0 unspecified atom stereocenters. The topological polar surface area (TPSA) is 75.4 Å². The maximum Gasteiger partial charge on any atom is 0.240 e. The van der Waals surface area contributed by atoms with E-state index in [4.69, 9.17) is 5.73 Å². The minimum Gasteiger partial charge on any atom is -0.398 e. The smallest absolute Gasteiger partial charge is 0.240 e. The fourth-order valence-corrected chi connectivity index (χ4v) is 3.44. The van der Waals surface area contributed by atoms with Gasteiger partial charge in [0.15, 0.2) is 0 Å². The molecule has 0 aliphatic heterocycles. The fraction of sp³-hybridized carbons (Fsp3) is 0.538. The van der Waals surface area contributed by atoms with E-state index >= 15 is 0 Å². The van der Waals surface area contributed by atoms with Crippen molar-refractivity contribution in [1.82, 2.24) is 9.62 Å². The van der Waals surface area contributed by atoms with Gasteiger partial charge in [-0.2, -0.15) is 0 Å². The first-order chi connectivity index (χ1) is 9.40. The number of sulfonamides is 1. The maximum absolute atomic E-state index is 12.1. The summed E-state index contributed by atoms with van der Waals surface area (Å²) in [6.07, 6.45) is 0.789. The molecule has 3 N–H and O–H groups in total. The largest absolute Gasteiger partial charge is 0.398 e. The molecule has 0 aliphatic rings. The number of hydrogen-bond donors (Lipinski definition) is 2. The lowest BCUT2D eigenvalue weighted by atomic mass is 10.3. The number of benzene rings is 1. The molecule has 0 saturated carbocycles. The number of nitrogen functional groups attached to an aromatic ring is 1. The van der Waals surface area contributed by atoms with Gasteiger partial charge in [0.1, 0.15) is 0 Å². The molecule has 7 heteroatoms. The van der Waals surface area contributed by atoms with Crippen LogP contribution in [0.15, 0.2) is 27.6 Å². The second kappa shape index (κ2) is 7.97. The third kappa shape index (κ3) is 5.05. The molecule has 0 saturated heterocycles. The number of anilines is 1. The lowest BCUT2D eigenvalue weighted by Crippen LogP contribution is -2.30. The van der Waals surface area contributed by atoms with Crippen molar-refractivity contribution < 1.29 is 8.42 Å². The Hall–Kier alpha value is -0.630. The normalized spacial score (nSPS) is 12.0. The molecule has 0 fully saturated rings. The Morgan fingerprint density at radius 2 is 1.95 bits per heavy atom. The first-order valence-corrected chi connectivity index (χ1v) is 8.95. The molecule has 0 spiro atoms. The zero-order valence-corrected chi connectivity index (χ0v) is 14.3. The van der Waals surface area contributed by atoms with Crippen molar-refractivity contribution in [2.24, 2.45) is 0 Å². The molecule has 0 aromatic heterocycles.